The van der Waals surface area contributed by atoms with E-state index >= 15 is 0 Å². The summed E-state index contributed by atoms with van der Waals surface area (Å²) in [6.07, 6.45) is 2.97. The highest BCUT2D eigenvalue weighted by Gasteiger charge is 2.17. The number of aromatic amines is 1. The quantitative estimate of drug-likeness (QED) is 0.542. The van der Waals surface area contributed by atoms with Crippen LogP contribution in [-0.4, -0.2) is 39.2 Å². The van der Waals surface area contributed by atoms with Crippen LogP contribution in [-0.2, 0) is 16.0 Å². The Morgan fingerprint density at radius 2 is 1.79 bits per heavy atom. The molecule has 2 rings (SSSR count). The first kappa shape index (κ1) is 19.7. The number of para-hydroxylation sites is 1. The van der Waals surface area contributed by atoms with Crippen LogP contribution in [0.1, 0.15) is 25.8 Å². The van der Waals surface area contributed by atoms with Gasteiger partial charge >= 0.3 is 11.9 Å². The van der Waals surface area contributed by atoms with E-state index in [0.29, 0.717) is 6.42 Å². The Balaban J connectivity index is 0.000000277. The minimum Gasteiger partial charge on any atom is -0.480 e. The van der Waals surface area contributed by atoms with Crippen molar-refractivity contribution in [1.82, 2.24) is 4.98 Å². The van der Waals surface area contributed by atoms with Crippen LogP contribution < -0.4 is 11.5 Å². The molecule has 0 saturated carbocycles. The standard InChI is InChI=1S/C11H12N2O2.C6H13NO2/c12-9(11(14)15)5-7-6-13-10-4-2-1-3-8(7)10;1-3-4(2)5(7)6(8)9/h1-4,6,9,13H,5,12H2,(H,14,15);4-5H,3,7H2,1-2H3,(H,8,9)/t9-;4-,5-/m00/s1. The highest BCUT2D eigenvalue weighted by molar-refractivity contribution is 5.84. The van der Waals surface area contributed by atoms with E-state index < -0.39 is 24.0 Å². The lowest BCUT2D eigenvalue weighted by Gasteiger charge is -2.11. The van der Waals surface area contributed by atoms with Crippen LogP contribution in [0.3, 0.4) is 0 Å². The van der Waals surface area contributed by atoms with E-state index in [4.69, 9.17) is 21.7 Å². The predicted molar refractivity (Wildman–Crippen MR) is 92.7 cm³/mol. The molecule has 0 bridgehead atoms. The zero-order chi connectivity index (χ0) is 18.3. The Hall–Kier alpha value is -2.38. The Labute approximate surface area is 140 Å². The molecule has 7 heteroatoms. The van der Waals surface area contributed by atoms with Gasteiger partial charge in [0.15, 0.2) is 0 Å². The molecular weight excluding hydrogens is 310 g/mol. The van der Waals surface area contributed by atoms with Gasteiger partial charge in [-0.3, -0.25) is 9.59 Å². The molecule has 0 spiro atoms. The van der Waals surface area contributed by atoms with Gasteiger partial charge in [0.2, 0.25) is 0 Å². The summed E-state index contributed by atoms with van der Waals surface area (Å²) in [4.78, 5) is 23.9. The summed E-state index contributed by atoms with van der Waals surface area (Å²) < 4.78 is 0. The minimum absolute atomic E-state index is 0.0718. The summed E-state index contributed by atoms with van der Waals surface area (Å²) in [6, 6.07) is 6.21. The first-order valence-electron chi connectivity index (χ1n) is 7.79. The van der Waals surface area contributed by atoms with Crippen molar-refractivity contribution in [2.24, 2.45) is 17.4 Å². The lowest BCUT2D eigenvalue weighted by atomic mass is 10.0. The second-order valence-corrected chi connectivity index (χ2v) is 5.76. The zero-order valence-electron chi connectivity index (χ0n) is 13.9. The maximum atomic E-state index is 10.6. The SMILES string of the molecule is CC[C@H](C)[C@H](N)C(=O)O.N[C@@H](Cc1c[nH]c2ccccc12)C(=O)O. The number of carbonyl (C=O) groups is 2. The normalized spacial score (nSPS) is 14.3. The minimum atomic E-state index is -0.972. The smallest absolute Gasteiger partial charge is 0.320 e. The molecule has 1 aromatic heterocycles. The molecule has 132 valence electrons. The van der Waals surface area contributed by atoms with Crippen LogP contribution in [0.5, 0.6) is 0 Å². The van der Waals surface area contributed by atoms with E-state index in [0.717, 1.165) is 22.9 Å². The van der Waals surface area contributed by atoms with Gasteiger partial charge in [0, 0.05) is 23.5 Å². The number of fused-ring (bicyclic) bond motifs is 1. The van der Waals surface area contributed by atoms with Crippen LogP contribution >= 0.6 is 0 Å². The number of rotatable bonds is 6. The van der Waals surface area contributed by atoms with Crippen molar-refractivity contribution in [2.45, 2.75) is 38.8 Å². The van der Waals surface area contributed by atoms with Gasteiger partial charge in [0.25, 0.3) is 0 Å². The molecule has 0 amide bonds. The molecule has 7 N–H and O–H groups in total. The molecule has 0 aliphatic heterocycles. The van der Waals surface area contributed by atoms with Crippen molar-refractivity contribution in [3.05, 3.63) is 36.0 Å². The Morgan fingerprint density at radius 1 is 1.17 bits per heavy atom. The van der Waals surface area contributed by atoms with Crippen molar-refractivity contribution in [2.75, 3.05) is 0 Å². The first-order valence-corrected chi connectivity index (χ1v) is 7.79. The number of hydrogen-bond donors (Lipinski definition) is 5. The van der Waals surface area contributed by atoms with E-state index in [1.54, 1.807) is 0 Å². The van der Waals surface area contributed by atoms with Gasteiger partial charge in [0.1, 0.15) is 12.1 Å². The second kappa shape index (κ2) is 9.05. The van der Waals surface area contributed by atoms with E-state index in [2.05, 4.69) is 4.98 Å². The Bertz CT molecular complexity index is 683. The average Bonchev–Trinajstić information content (AvgIpc) is 2.97. The molecule has 0 aliphatic rings. The Kier molecular flexibility index (Phi) is 7.41. The summed E-state index contributed by atoms with van der Waals surface area (Å²) >= 11 is 0. The van der Waals surface area contributed by atoms with E-state index in [-0.39, 0.29) is 5.92 Å². The number of hydrogen-bond acceptors (Lipinski definition) is 4. The van der Waals surface area contributed by atoms with Crippen molar-refractivity contribution in [1.29, 1.82) is 0 Å². The van der Waals surface area contributed by atoms with Gasteiger partial charge in [-0.1, -0.05) is 38.5 Å². The number of aliphatic carboxylic acids is 2. The maximum Gasteiger partial charge on any atom is 0.320 e. The molecular formula is C17H25N3O4. The van der Waals surface area contributed by atoms with E-state index in [1.165, 1.54) is 0 Å². The molecule has 0 saturated heterocycles. The van der Waals surface area contributed by atoms with Crippen LogP contribution in [0.2, 0.25) is 0 Å². The van der Waals surface area contributed by atoms with E-state index in [9.17, 15) is 9.59 Å². The number of carboxylic acid groups (broad SMARTS) is 2. The van der Waals surface area contributed by atoms with Gasteiger partial charge in [-0.15, -0.1) is 0 Å². The molecule has 24 heavy (non-hydrogen) atoms. The zero-order valence-corrected chi connectivity index (χ0v) is 13.9. The fourth-order valence-corrected chi connectivity index (χ4v) is 2.12. The molecule has 0 unspecified atom stereocenters. The summed E-state index contributed by atoms with van der Waals surface area (Å²) in [5.41, 5.74) is 12.7. The molecule has 1 aromatic carbocycles. The van der Waals surface area contributed by atoms with Gasteiger partial charge in [-0.05, 0) is 17.5 Å². The third kappa shape index (κ3) is 5.36. The lowest BCUT2D eigenvalue weighted by Crippen LogP contribution is -2.36. The van der Waals surface area contributed by atoms with Crippen molar-refractivity contribution >= 4 is 22.8 Å². The molecule has 1 heterocycles. The van der Waals surface area contributed by atoms with Crippen molar-refractivity contribution in [3.8, 4) is 0 Å². The third-order valence-electron chi connectivity index (χ3n) is 3.97. The summed E-state index contributed by atoms with van der Waals surface area (Å²) in [7, 11) is 0. The molecule has 3 atom stereocenters. The van der Waals surface area contributed by atoms with Gasteiger partial charge in [0.05, 0.1) is 0 Å². The molecule has 0 radical (unpaired) electrons. The topological polar surface area (TPSA) is 142 Å². The van der Waals surface area contributed by atoms with Gasteiger partial charge < -0.3 is 26.7 Å². The number of nitrogens with one attached hydrogen (secondary N) is 1. The highest BCUT2D eigenvalue weighted by atomic mass is 16.4. The lowest BCUT2D eigenvalue weighted by molar-refractivity contribution is -0.140. The number of benzene rings is 1. The third-order valence-corrected chi connectivity index (χ3v) is 3.97. The Morgan fingerprint density at radius 3 is 2.29 bits per heavy atom. The molecule has 2 aromatic rings. The summed E-state index contributed by atoms with van der Waals surface area (Å²) in [5.74, 6) is -1.81. The monoisotopic (exact) mass is 335 g/mol. The van der Waals surface area contributed by atoms with Gasteiger partial charge in [-0.25, -0.2) is 0 Å². The number of aromatic nitrogens is 1. The van der Waals surface area contributed by atoms with Gasteiger partial charge in [-0.2, -0.15) is 0 Å². The second-order valence-electron chi connectivity index (χ2n) is 5.76. The summed E-state index contributed by atoms with van der Waals surface area (Å²) in [6.45, 7) is 3.76. The molecule has 0 fully saturated rings. The predicted octanol–water partition coefficient (Wildman–Crippen LogP) is 1.57. The maximum absolute atomic E-state index is 10.6. The van der Waals surface area contributed by atoms with Crippen LogP contribution in [0, 0.1) is 5.92 Å². The van der Waals surface area contributed by atoms with Crippen LogP contribution in [0.4, 0.5) is 0 Å². The fraction of sp³-hybridized carbons (Fsp3) is 0.412. The van der Waals surface area contributed by atoms with Crippen molar-refractivity contribution < 1.29 is 19.8 Å². The average molecular weight is 335 g/mol. The largest absolute Gasteiger partial charge is 0.480 e. The molecule has 0 aliphatic carbocycles. The van der Waals surface area contributed by atoms with E-state index in [1.807, 2.05) is 44.3 Å². The van der Waals surface area contributed by atoms with Crippen molar-refractivity contribution in [3.63, 3.8) is 0 Å². The number of nitrogens with two attached hydrogens (primary N) is 2. The highest BCUT2D eigenvalue weighted by Crippen LogP contribution is 2.18. The fourth-order valence-electron chi connectivity index (χ4n) is 2.12. The summed E-state index contributed by atoms with van der Waals surface area (Å²) in [5, 5.41) is 18.1. The molecule has 7 nitrogen and oxygen atoms in total. The van der Waals surface area contributed by atoms with Crippen LogP contribution in [0.15, 0.2) is 30.5 Å². The number of H-pyrrole nitrogens is 1. The first-order chi connectivity index (χ1) is 11.3. The van der Waals surface area contributed by atoms with Crippen LogP contribution in [0.25, 0.3) is 10.9 Å². The number of carboxylic acids is 2.